The second-order valence-corrected chi connectivity index (χ2v) is 2.22. The third-order valence-corrected chi connectivity index (χ3v) is 1.43. The lowest BCUT2D eigenvalue weighted by Gasteiger charge is -1.96. The van der Waals surface area contributed by atoms with Gasteiger partial charge in [-0.05, 0) is 12.1 Å². The number of hydrogen-bond donors (Lipinski definition) is 1. The smallest absolute Gasteiger partial charge is 0.240 e. The van der Waals surface area contributed by atoms with E-state index in [-0.39, 0.29) is 16.5 Å². The second kappa shape index (κ2) is 3.19. The van der Waals surface area contributed by atoms with Gasteiger partial charge in [-0.25, -0.2) is 4.79 Å². The van der Waals surface area contributed by atoms with Gasteiger partial charge in [-0.2, -0.15) is 4.99 Å². The number of carbonyl (C=O) groups excluding carboxylic acids is 1. The standard InChI is InChI=1S/C7H4ClNO2/c8-5-2-1-3-6(11)7(5)9-4-10/h1-3,11H. The van der Waals surface area contributed by atoms with E-state index in [1.165, 1.54) is 18.2 Å². The molecule has 56 valence electrons. The van der Waals surface area contributed by atoms with Crippen LogP contribution in [0.5, 0.6) is 5.75 Å². The molecule has 0 atom stereocenters. The van der Waals surface area contributed by atoms with Crippen LogP contribution in [-0.2, 0) is 4.79 Å². The molecule has 0 amide bonds. The molecule has 1 rings (SSSR count). The lowest BCUT2D eigenvalue weighted by Crippen LogP contribution is -1.69. The van der Waals surface area contributed by atoms with Crippen LogP contribution >= 0.6 is 11.6 Å². The van der Waals surface area contributed by atoms with E-state index < -0.39 is 0 Å². The van der Waals surface area contributed by atoms with Crippen molar-refractivity contribution in [3.05, 3.63) is 23.2 Å². The van der Waals surface area contributed by atoms with Gasteiger partial charge < -0.3 is 5.11 Å². The Kier molecular flexibility index (Phi) is 2.26. The lowest BCUT2D eigenvalue weighted by atomic mass is 10.3. The summed E-state index contributed by atoms with van der Waals surface area (Å²) in [4.78, 5) is 13.0. The monoisotopic (exact) mass is 169 g/mol. The number of para-hydroxylation sites is 1. The number of benzene rings is 1. The molecular weight excluding hydrogens is 166 g/mol. The maximum Gasteiger partial charge on any atom is 0.240 e. The molecule has 0 aliphatic carbocycles. The summed E-state index contributed by atoms with van der Waals surface area (Å²) in [6.45, 7) is 0. The fourth-order valence-electron chi connectivity index (χ4n) is 0.660. The average molecular weight is 170 g/mol. The summed E-state index contributed by atoms with van der Waals surface area (Å²) < 4.78 is 0. The van der Waals surface area contributed by atoms with Gasteiger partial charge in [0.15, 0.2) is 0 Å². The van der Waals surface area contributed by atoms with Crippen LogP contribution in [0, 0.1) is 0 Å². The van der Waals surface area contributed by atoms with Gasteiger partial charge in [0.05, 0.1) is 5.02 Å². The molecule has 4 heteroatoms. The summed E-state index contributed by atoms with van der Waals surface area (Å²) in [7, 11) is 0. The van der Waals surface area contributed by atoms with Crippen LogP contribution in [0.25, 0.3) is 0 Å². The van der Waals surface area contributed by atoms with Crippen LogP contribution in [0.15, 0.2) is 23.2 Å². The quantitative estimate of drug-likeness (QED) is 0.517. The molecule has 1 aromatic carbocycles. The molecule has 0 radical (unpaired) electrons. The largest absolute Gasteiger partial charge is 0.506 e. The van der Waals surface area contributed by atoms with E-state index in [2.05, 4.69) is 4.99 Å². The highest BCUT2D eigenvalue weighted by Gasteiger charge is 2.02. The number of aliphatic imine (C=N–C) groups is 1. The number of phenols is 1. The first-order valence-electron chi connectivity index (χ1n) is 2.81. The van der Waals surface area contributed by atoms with Crippen molar-refractivity contribution < 1.29 is 9.90 Å². The Morgan fingerprint density at radius 2 is 2.27 bits per heavy atom. The van der Waals surface area contributed by atoms with Crippen LogP contribution in [0.2, 0.25) is 5.02 Å². The molecular formula is C7H4ClNO2. The van der Waals surface area contributed by atoms with Gasteiger partial charge in [0.2, 0.25) is 6.08 Å². The Bertz CT molecular complexity index is 298. The van der Waals surface area contributed by atoms with E-state index >= 15 is 0 Å². The third kappa shape index (κ3) is 1.58. The van der Waals surface area contributed by atoms with Crippen molar-refractivity contribution in [1.82, 2.24) is 0 Å². The molecule has 0 aliphatic rings. The van der Waals surface area contributed by atoms with Crippen molar-refractivity contribution in [1.29, 1.82) is 0 Å². The molecule has 11 heavy (non-hydrogen) atoms. The second-order valence-electron chi connectivity index (χ2n) is 1.81. The van der Waals surface area contributed by atoms with E-state index in [1.807, 2.05) is 0 Å². The zero-order valence-corrected chi connectivity index (χ0v) is 6.17. The zero-order chi connectivity index (χ0) is 8.27. The Balaban J connectivity index is 3.31. The van der Waals surface area contributed by atoms with Crippen molar-refractivity contribution >= 4 is 23.4 Å². The van der Waals surface area contributed by atoms with Crippen molar-refractivity contribution in [2.24, 2.45) is 4.99 Å². The first-order chi connectivity index (χ1) is 5.25. The Morgan fingerprint density at radius 3 is 2.82 bits per heavy atom. The van der Waals surface area contributed by atoms with Crippen LogP contribution < -0.4 is 0 Å². The number of rotatable bonds is 1. The first kappa shape index (κ1) is 7.79. The van der Waals surface area contributed by atoms with E-state index in [1.54, 1.807) is 6.07 Å². The maximum absolute atomic E-state index is 9.82. The number of halogens is 1. The van der Waals surface area contributed by atoms with Gasteiger partial charge >= 0.3 is 0 Å². The predicted molar refractivity (Wildman–Crippen MR) is 40.9 cm³/mol. The highest BCUT2D eigenvalue weighted by molar-refractivity contribution is 6.33. The number of hydrogen-bond acceptors (Lipinski definition) is 3. The van der Waals surface area contributed by atoms with Gasteiger partial charge in [0.1, 0.15) is 11.4 Å². The highest BCUT2D eigenvalue weighted by atomic mass is 35.5. The van der Waals surface area contributed by atoms with Crippen LogP contribution in [-0.4, -0.2) is 11.2 Å². The topological polar surface area (TPSA) is 49.7 Å². The van der Waals surface area contributed by atoms with E-state index in [4.69, 9.17) is 16.7 Å². The number of phenolic OH excluding ortho intramolecular Hbond substituents is 1. The minimum Gasteiger partial charge on any atom is -0.506 e. The minimum atomic E-state index is -0.124. The summed E-state index contributed by atoms with van der Waals surface area (Å²) in [6, 6.07) is 4.47. The van der Waals surface area contributed by atoms with Crippen LogP contribution in [0.4, 0.5) is 5.69 Å². The zero-order valence-electron chi connectivity index (χ0n) is 5.41. The molecule has 0 saturated heterocycles. The predicted octanol–water partition coefficient (Wildman–Crippen LogP) is 2.01. The normalized spacial score (nSPS) is 8.82. The van der Waals surface area contributed by atoms with E-state index in [9.17, 15) is 4.79 Å². The average Bonchev–Trinajstić information content (AvgIpc) is 1.97. The Morgan fingerprint density at radius 1 is 1.55 bits per heavy atom. The molecule has 0 fully saturated rings. The molecule has 0 bridgehead atoms. The van der Waals surface area contributed by atoms with Crippen molar-refractivity contribution in [2.75, 3.05) is 0 Å². The van der Waals surface area contributed by atoms with Crippen molar-refractivity contribution in [2.45, 2.75) is 0 Å². The van der Waals surface area contributed by atoms with Gasteiger partial charge in [0.25, 0.3) is 0 Å². The summed E-state index contributed by atoms with van der Waals surface area (Å²) in [5.41, 5.74) is 0.0594. The minimum absolute atomic E-state index is 0.0594. The Labute approximate surface area is 68.0 Å². The molecule has 1 aromatic rings. The molecule has 3 nitrogen and oxygen atoms in total. The van der Waals surface area contributed by atoms with E-state index in [0.29, 0.717) is 0 Å². The van der Waals surface area contributed by atoms with Crippen molar-refractivity contribution in [3.8, 4) is 5.75 Å². The number of isocyanates is 1. The molecule has 0 saturated carbocycles. The molecule has 0 spiro atoms. The highest BCUT2D eigenvalue weighted by Crippen LogP contribution is 2.33. The summed E-state index contributed by atoms with van der Waals surface area (Å²) in [6.07, 6.45) is 1.30. The maximum atomic E-state index is 9.82. The van der Waals surface area contributed by atoms with Crippen molar-refractivity contribution in [3.63, 3.8) is 0 Å². The summed E-state index contributed by atoms with van der Waals surface area (Å²) >= 11 is 5.58. The molecule has 0 unspecified atom stereocenters. The van der Waals surface area contributed by atoms with Crippen LogP contribution in [0.3, 0.4) is 0 Å². The van der Waals surface area contributed by atoms with Gasteiger partial charge in [-0.1, -0.05) is 17.7 Å². The van der Waals surface area contributed by atoms with Crippen LogP contribution in [0.1, 0.15) is 0 Å². The molecule has 1 N–H and O–H groups in total. The Hall–Kier alpha value is -1.31. The fourth-order valence-corrected chi connectivity index (χ4v) is 0.872. The summed E-state index contributed by atoms with van der Waals surface area (Å²) in [5, 5.41) is 9.30. The summed E-state index contributed by atoms with van der Waals surface area (Å²) in [5.74, 6) is -0.124. The molecule has 0 aliphatic heterocycles. The fraction of sp³-hybridized carbons (Fsp3) is 0. The van der Waals surface area contributed by atoms with E-state index in [0.717, 1.165) is 0 Å². The molecule has 0 heterocycles. The number of nitrogens with zero attached hydrogens (tertiary/aromatic N) is 1. The number of aromatic hydroxyl groups is 1. The van der Waals surface area contributed by atoms with Gasteiger partial charge in [-0.15, -0.1) is 0 Å². The first-order valence-corrected chi connectivity index (χ1v) is 3.19. The third-order valence-electron chi connectivity index (χ3n) is 1.12. The van der Waals surface area contributed by atoms with Gasteiger partial charge in [-0.3, -0.25) is 0 Å². The van der Waals surface area contributed by atoms with Gasteiger partial charge in [0, 0.05) is 0 Å². The molecule has 0 aromatic heterocycles. The lowest BCUT2D eigenvalue weighted by molar-refractivity contribution is 0.476. The SMILES string of the molecule is O=C=Nc1c(O)cccc1Cl.